The molecule has 3 aromatic rings. The summed E-state index contributed by atoms with van der Waals surface area (Å²) < 4.78 is 0. The number of allylic oxidation sites excluding steroid dienone is 2. The number of aromatic nitrogens is 3. The Morgan fingerprint density at radius 3 is 1.38 bits per heavy atom. The Kier molecular flexibility index (Phi) is 3.41. The van der Waals surface area contributed by atoms with Gasteiger partial charge in [0.05, 0.1) is 21.1 Å². The number of thiocarbonyl (C=S) groups is 2. The van der Waals surface area contributed by atoms with E-state index < -0.39 is 0 Å². The van der Waals surface area contributed by atoms with Crippen LogP contribution in [-0.4, -0.2) is 24.7 Å². The molecule has 0 spiro atoms. The van der Waals surface area contributed by atoms with Gasteiger partial charge >= 0.3 is 0 Å². The van der Waals surface area contributed by atoms with E-state index in [1.54, 1.807) is 0 Å². The van der Waals surface area contributed by atoms with E-state index in [2.05, 4.69) is 44.6 Å². The molecule has 2 aliphatic rings. The third-order valence-electron chi connectivity index (χ3n) is 4.38. The minimum absolute atomic E-state index is 0.669. The van der Waals surface area contributed by atoms with Gasteiger partial charge in [-0.2, -0.15) is 0 Å². The molecule has 0 saturated carbocycles. The molecule has 126 valence electrons. The number of nitrogens with one attached hydrogen (secondary N) is 4. The highest BCUT2D eigenvalue weighted by Gasteiger charge is 2.24. The second-order valence-electron chi connectivity index (χ2n) is 6.29. The molecule has 5 rings (SSSR count). The van der Waals surface area contributed by atoms with Gasteiger partial charge in [-0.15, -0.1) is 0 Å². The maximum atomic E-state index is 5.52. The first kappa shape index (κ1) is 15.3. The number of hydrogen-bond donors (Lipinski definition) is 4. The van der Waals surface area contributed by atoms with Gasteiger partial charge in [0.25, 0.3) is 0 Å². The molecular weight excluding hydrogens is 360 g/mol. The SMILES string of the molecule is S=C1C(=S)C2=Cc3ccc([nH]3)C=c3ccc([nH]3)=Cc3ccc([nH]3)C=C1N2. The second-order valence-corrected chi connectivity index (χ2v) is 7.11. The van der Waals surface area contributed by atoms with Crippen LogP contribution in [0.15, 0.2) is 47.8 Å². The Bertz CT molecular complexity index is 1150. The average molecular weight is 374 g/mol. The van der Waals surface area contributed by atoms with Crippen LogP contribution in [0.1, 0.15) is 22.8 Å². The van der Waals surface area contributed by atoms with Crippen LogP contribution in [0, 0.1) is 0 Å². The molecule has 1 fully saturated rings. The van der Waals surface area contributed by atoms with Crippen LogP contribution in [0.4, 0.5) is 0 Å². The van der Waals surface area contributed by atoms with Crippen molar-refractivity contribution in [1.29, 1.82) is 0 Å². The van der Waals surface area contributed by atoms with Crippen molar-refractivity contribution in [2.75, 3.05) is 0 Å². The van der Waals surface area contributed by atoms with E-state index in [1.807, 2.05) is 36.4 Å². The highest BCUT2D eigenvalue weighted by atomic mass is 32.1. The van der Waals surface area contributed by atoms with E-state index in [-0.39, 0.29) is 0 Å². The Balaban J connectivity index is 1.74. The minimum atomic E-state index is 0.669. The van der Waals surface area contributed by atoms with E-state index in [4.69, 9.17) is 24.4 Å². The number of H-pyrrole nitrogens is 3. The number of rotatable bonds is 0. The van der Waals surface area contributed by atoms with E-state index in [9.17, 15) is 0 Å². The van der Waals surface area contributed by atoms with Crippen LogP contribution in [0.3, 0.4) is 0 Å². The lowest BCUT2D eigenvalue weighted by Crippen LogP contribution is -2.09. The van der Waals surface area contributed by atoms with Crippen molar-refractivity contribution in [3.05, 3.63) is 81.3 Å². The topological polar surface area (TPSA) is 59.4 Å². The molecular formula is C20H14N4S2. The molecule has 26 heavy (non-hydrogen) atoms. The standard InChI is InChI=1S/C20H14N4S2/c25-19-17-9-15-5-3-13(22-15)7-11-1-2-12(21-11)8-14-4-6-16(23-14)10-18(24-17)20(19)26/h1-10,21-24H. The highest BCUT2D eigenvalue weighted by Crippen LogP contribution is 2.20. The van der Waals surface area contributed by atoms with E-state index in [0.717, 1.165) is 44.9 Å². The number of aromatic amines is 3. The average Bonchev–Trinajstić information content (AvgIpc) is 3.38. The van der Waals surface area contributed by atoms with Crippen molar-refractivity contribution in [3.8, 4) is 0 Å². The second kappa shape index (κ2) is 5.79. The number of fused-ring (bicyclic) bond motifs is 8. The zero-order chi connectivity index (χ0) is 17.7. The molecule has 6 heteroatoms. The molecule has 4 N–H and O–H groups in total. The third-order valence-corrected chi connectivity index (χ3v) is 5.36. The zero-order valence-corrected chi connectivity index (χ0v) is 15.2. The molecule has 0 aromatic carbocycles. The van der Waals surface area contributed by atoms with Crippen LogP contribution >= 0.6 is 24.4 Å². The molecule has 1 saturated heterocycles. The summed E-state index contributed by atoms with van der Waals surface area (Å²) in [4.78, 5) is 11.5. The van der Waals surface area contributed by atoms with Crippen LogP contribution < -0.4 is 16.0 Å². The molecule has 5 heterocycles. The molecule has 2 aliphatic heterocycles. The van der Waals surface area contributed by atoms with Gasteiger partial charge < -0.3 is 20.3 Å². The van der Waals surface area contributed by atoms with Gasteiger partial charge in [-0.05, 0) is 60.7 Å². The van der Waals surface area contributed by atoms with Crippen LogP contribution in [0.5, 0.6) is 0 Å². The molecule has 4 nitrogen and oxygen atoms in total. The Morgan fingerprint density at radius 1 is 0.500 bits per heavy atom. The van der Waals surface area contributed by atoms with Gasteiger partial charge in [0.15, 0.2) is 0 Å². The van der Waals surface area contributed by atoms with E-state index in [1.165, 1.54) is 0 Å². The lowest BCUT2D eigenvalue weighted by molar-refractivity contribution is 1.14. The fourth-order valence-electron chi connectivity index (χ4n) is 3.15. The zero-order valence-electron chi connectivity index (χ0n) is 13.6. The predicted octanol–water partition coefficient (Wildman–Crippen LogP) is 2.37. The third kappa shape index (κ3) is 2.69. The first-order valence-corrected chi connectivity index (χ1v) is 9.02. The summed E-state index contributed by atoms with van der Waals surface area (Å²) in [5.74, 6) is 0. The quantitative estimate of drug-likeness (QED) is 0.457. The summed E-state index contributed by atoms with van der Waals surface area (Å²) in [5, 5.41) is 5.42. The minimum Gasteiger partial charge on any atom is -0.355 e. The van der Waals surface area contributed by atoms with Crippen molar-refractivity contribution >= 4 is 58.5 Å². The molecule has 0 unspecified atom stereocenters. The molecule has 3 aromatic heterocycles. The molecule has 8 bridgehead atoms. The Hall–Kier alpha value is -2.96. The van der Waals surface area contributed by atoms with Gasteiger partial charge in [-0.25, -0.2) is 0 Å². The molecule has 0 amide bonds. The highest BCUT2D eigenvalue weighted by molar-refractivity contribution is 7.90. The smallest absolute Gasteiger partial charge is 0.0814 e. The summed E-state index contributed by atoms with van der Waals surface area (Å²) in [5.41, 5.74) is 5.66. The Labute approximate surface area is 160 Å². The van der Waals surface area contributed by atoms with E-state index in [0.29, 0.717) is 9.73 Å². The largest absolute Gasteiger partial charge is 0.355 e. The van der Waals surface area contributed by atoms with Crippen molar-refractivity contribution in [3.63, 3.8) is 0 Å². The maximum absolute atomic E-state index is 5.52. The maximum Gasteiger partial charge on any atom is 0.0814 e. The van der Waals surface area contributed by atoms with Crippen molar-refractivity contribution in [1.82, 2.24) is 20.3 Å². The van der Waals surface area contributed by atoms with Gasteiger partial charge in [-0.1, -0.05) is 24.4 Å². The summed E-state index contributed by atoms with van der Waals surface area (Å²) >= 11 is 11.0. The molecule has 0 atom stereocenters. The van der Waals surface area contributed by atoms with Gasteiger partial charge in [0, 0.05) is 33.5 Å². The van der Waals surface area contributed by atoms with Crippen molar-refractivity contribution in [2.24, 2.45) is 0 Å². The number of hydrogen-bond acceptors (Lipinski definition) is 3. The van der Waals surface area contributed by atoms with Crippen LogP contribution in [0.2, 0.25) is 0 Å². The summed E-state index contributed by atoms with van der Waals surface area (Å²) in [7, 11) is 0. The lowest BCUT2D eigenvalue weighted by atomic mass is 10.2. The van der Waals surface area contributed by atoms with E-state index >= 15 is 0 Å². The van der Waals surface area contributed by atoms with Crippen LogP contribution in [0.25, 0.3) is 24.3 Å². The van der Waals surface area contributed by atoms with Gasteiger partial charge in [0.1, 0.15) is 0 Å². The van der Waals surface area contributed by atoms with Gasteiger partial charge in [-0.3, -0.25) is 0 Å². The Morgan fingerprint density at radius 2 is 0.923 bits per heavy atom. The monoisotopic (exact) mass is 374 g/mol. The normalized spacial score (nSPS) is 15.7. The summed E-state index contributed by atoms with van der Waals surface area (Å²) in [6.45, 7) is 0. The molecule has 0 aliphatic carbocycles. The predicted molar refractivity (Wildman–Crippen MR) is 113 cm³/mol. The summed E-state index contributed by atoms with van der Waals surface area (Å²) in [6.07, 6.45) is 8.13. The van der Waals surface area contributed by atoms with Crippen molar-refractivity contribution in [2.45, 2.75) is 0 Å². The fraction of sp³-hybridized carbons (Fsp3) is 0. The van der Waals surface area contributed by atoms with Crippen LogP contribution in [-0.2, 0) is 0 Å². The van der Waals surface area contributed by atoms with Gasteiger partial charge in [0.2, 0.25) is 0 Å². The first-order valence-electron chi connectivity index (χ1n) is 8.20. The molecule has 0 radical (unpaired) electrons. The fourth-order valence-corrected chi connectivity index (χ4v) is 3.59. The van der Waals surface area contributed by atoms with Crippen molar-refractivity contribution < 1.29 is 0 Å². The summed E-state index contributed by atoms with van der Waals surface area (Å²) in [6, 6.07) is 12.3. The first-order chi connectivity index (χ1) is 12.6. The lowest BCUT2D eigenvalue weighted by Gasteiger charge is -1.99.